The summed E-state index contributed by atoms with van der Waals surface area (Å²) in [5.74, 6) is 0.885. The number of fused-ring (bicyclic) bond motifs is 1. The van der Waals surface area contributed by atoms with Gasteiger partial charge in [-0.15, -0.1) is 5.10 Å². The highest BCUT2D eigenvalue weighted by Crippen LogP contribution is 2.29. The molecule has 1 aliphatic rings. The van der Waals surface area contributed by atoms with Crippen LogP contribution < -0.4 is 5.32 Å². The molecule has 68 valence electrons. The molecule has 0 unspecified atom stereocenters. The van der Waals surface area contributed by atoms with Crippen LogP contribution in [0.4, 0.5) is 5.13 Å². The highest BCUT2D eigenvalue weighted by Gasteiger charge is 2.21. The van der Waals surface area contributed by atoms with E-state index < -0.39 is 0 Å². The Balaban J connectivity index is 1.77. The average Bonchev–Trinajstić information content (AvgIpc) is 2.71. The molecule has 3 rings (SSSR count). The minimum Gasteiger partial charge on any atom is -0.360 e. The summed E-state index contributed by atoms with van der Waals surface area (Å²) in [5.41, 5.74) is 0. The number of hydrogen-bond donors (Lipinski definition) is 1. The largest absolute Gasteiger partial charge is 0.360 e. The van der Waals surface area contributed by atoms with Gasteiger partial charge in [0.2, 0.25) is 10.1 Å². The molecule has 0 saturated heterocycles. The molecule has 4 nitrogen and oxygen atoms in total. The predicted molar refractivity (Wildman–Crippen MR) is 52.1 cm³/mol. The van der Waals surface area contributed by atoms with Crippen molar-refractivity contribution in [3.63, 3.8) is 0 Å². The Bertz CT molecular complexity index is 386. The van der Waals surface area contributed by atoms with E-state index in [1.54, 1.807) is 22.0 Å². The van der Waals surface area contributed by atoms with Crippen LogP contribution in [0.5, 0.6) is 0 Å². The molecule has 0 radical (unpaired) electrons. The van der Waals surface area contributed by atoms with Crippen molar-refractivity contribution in [3.8, 4) is 0 Å². The summed E-state index contributed by atoms with van der Waals surface area (Å²) in [6.45, 7) is 1.07. The quantitative estimate of drug-likeness (QED) is 0.807. The molecule has 0 aliphatic heterocycles. The minimum absolute atomic E-state index is 0.885. The first-order valence-corrected chi connectivity index (χ1v) is 5.27. The molecule has 2 aromatic rings. The molecule has 0 aromatic carbocycles. The van der Waals surface area contributed by atoms with Crippen LogP contribution >= 0.6 is 11.3 Å². The van der Waals surface area contributed by atoms with Gasteiger partial charge in [0.05, 0.1) is 6.20 Å². The van der Waals surface area contributed by atoms with E-state index in [0.717, 1.165) is 22.6 Å². The van der Waals surface area contributed by atoms with Crippen LogP contribution in [0.3, 0.4) is 0 Å². The van der Waals surface area contributed by atoms with E-state index in [9.17, 15) is 0 Å². The maximum Gasteiger partial charge on any atom is 0.213 e. The van der Waals surface area contributed by atoms with Gasteiger partial charge in [0, 0.05) is 12.7 Å². The zero-order valence-corrected chi connectivity index (χ0v) is 7.92. The van der Waals surface area contributed by atoms with Gasteiger partial charge >= 0.3 is 0 Å². The van der Waals surface area contributed by atoms with Gasteiger partial charge in [-0.1, -0.05) is 11.3 Å². The molecule has 1 aliphatic carbocycles. The molecular formula is C8H10N4S. The van der Waals surface area contributed by atoms with E-state index in [2.05, 4.69) is 15.4 Å². The second kappa shape index (κ2) is 2.70. The maximum atomic E-state index is 4.33. The zero-order valence-electron chi connectivity index (χ0n) is 7.10. The van der Waals surface area contributed by atoms with E-state index >= 15 is 0 Å². The van der Waals surface area contributed by atoms with Gasteiger partial charge in [0.15, 0.2) is 0 Å². The molecule has 0 atom stereocenters. The third kappa shape index (κ3) is 1.39. The molecule has 0 spiro atoms. The summed E-state index contributed by atoms with van der Waals surface area (Å²) in [7, 11) is 0. The van der Waals surface area contributed by atoms with Gasteiger partial charge < -0.3 is 5.32 Å². The van der Waals surface area contributed by atoms with E-state index in [1.807, 2.05) is 6.20 Å². The summed E-state index contributed by atoms with van der Waals surface area (Å²) >= 11 is 1.60. The SMILES string of the molecule is c1cn2nc(NCC3CC3)sc2n1. The summed E-state index contributed by atoms with van der Waals surface area (Å²) in [6.07, 6.45) is 6.38. The van der Waals surface area contributed by atoms with Gasteiger partial charge in [-0.2, -0.15) is 0 Å². The Kier molecular flexibility index (Phi) is 1.52. The smallest absolute Gasteiger partial charge is 0.213 e. The normalized spacial score (nSPS) is 16.6. The van der Waals surface area contributed by atoms with Gasteiger partial charge in [-0.05, 0) is 18.8 Å². The van der Waals surface area contributed by atoms with Gasteiger partial charge in [-0.25, -0.2) is 9.50 Å². The highest BCUT2D eigenvalue weighted by molar-refractivity contribution is 7.20. The minimum atomic E-state index is 0.885. The maximum absolute atomic E-state index is 4.33. The first kappa shape index (κ1) is 7.32. The van der Waals surface area contributed by atoms with Crippen molar-refractivity contribution in [3.05, 3.63) is 12.4 Å². The first-order chi connectivity index (χ1) is 6.42. The van der Waals surface area contributed by atoms with Crippen molar-refractivity contribution in [1.29, 1.82) is 0 Å². The van der Waals surface area contributed by atoms with Gasteiger partial charge in [0.1, 0.15) is 0 Å². The third-order valence-corrected chi connectivity index (χ3v) is 3.11. The van der Waals surface area contributed by atoms with Crippen LogP contribution in [0.15, 0.2) is 12.4 Å². The summed E-state index contributed by atoms with van der Waals surface area (Å²) in [4.78, 5) is 5.12. The van der Waals surface area contributed by atoms with Crippen LogP contribution in [0.2, 0.25) is 0 Å². The van der Waals surface area contributed by atoms with Gasteiger partial charge in [-0.3, -0.25) is 0 Å². The molecule has 2 aromatic heterocycles. The van der Waals surface area contributed by atoms with E-state index in [4.69, 9.17) is 0 Å². The molecule has 0 amide bonds. The summed E-state index contributed by atoms with van der Waals surface area (Å²) < 4.78 is 1.81. The van der Waals surface area contributed by atoms with Crippen molar-refractivity contribution in [2.24, 2.45) is 5.92 Å². The second-order valence-corrected chi connectivity index (χ2v) is 4.34. The lowest BCUT2D eigenvalue weighted by atomic mass is 10.4. The van der Waals surface area contributed by atoms with E-state index in [0.29, 0.717) is 0 Å². The fourth-order valence-corrected chi connectivity index (χ4v) is 2.03. The average molecular weight is 194 g/mol. The van der Waals surface area contributed by atoms with Crippen molar-refractivity contribution in [2.75, 3.05) is 11.9 Å². The summed E-state index contributed by atoms with van der Waals surface area (Å²) in [5, 5.41) is 8.64. The molecule has 0 bridgehead atoms. The van der Waals surface area contributed by atoms with E-state index in [-0.39, 0.29) is 0 Å². The van der Waals surface area contributed by atoms with Crippen LogP contribution in [-0.4, -0.2) is 21.1 Å². The lowest BCUT2D eigenvalue weighted by Crippen LogP contribution is -2.02. The molecule has 13 heavy (non-hydrogen) atoms. The molecule has 5 heteroatoms. The molecule has 1 fully saturated rings. The Morgan fingerprint density at radius 3 is 3.31 bits per heavy atom. The zero-order chi connectivity index (χ0) is 8.67. The number of imidazole rings is 1. The first-order valence-electron chi connectivity index (χ1n) is 4.46. The molecule has 1 N–H and O–H groups in total. The Morgan fingerprint density at radius 2 is 2.54 bits per heavy atom. The number of anilines is 1. The summed E-state index contributed by atoms with van der Waals surface area (Å²) in [6, 6.07) is 0. The monoisotopic (exact) mass is 194 g/mol. The van der Waals surface area contributed by atoms with Crippen LogP contribution in [-0.2, 0) is 0 Å². The Labute approximate surface area is 79.6 Å². The lowest BCUT2D eigenvalue weighted by molar-refractivity contribution is 0.874. The number of aromatic nitrogens is 3. The molecule has 2 heterocycles. The highest BCUT2D eigenvalue weighted by atomic mass is 32.1. The van der Waals surface area contributed by atoms with Crippen LogP contribution in [0.25, 0.3) is 4.96 Å². The second-order valence-electron chi connectivity index (χ2n) is 3.39. The number of nitrogens with zero attached hydrogens (tertiary/aromatic N) is 3. The van der Waals surface area contributed by atoms with Crippen molar-refractivity contribution in [1.82, 2.24) is 14.6 Å². The van der Waals surface area contributed by atoms with E-state index in [1.165, 1.54) is 12.8 Å². The lowest BCUT2D eigenvalue weighted by Gasteiger charge is -1.96. The van der Waals surface area contributed by atoms with Crippen molar-refractivity contribution >= 4 is 21.4 Å². The topological polar surface area (TPSA) is 42.2 Å². The standard InChI is InChI=1S/C8H10N4S/c1-2-6(1)5-10-7-11-12-4-3-9-8(12)13-7/h3-4,6H,1-2,5H2,(H,10,11). The van der Waals surface area contributed by atoms with Crippen LogP contribution in [0.1, 0.15) is 12.8 Å². The van der Waals surface area contributed by atoms with Crippen molar-refractivity contribution in [2.45, 2.75) is 12.8 Å². The van der Waals surface area contributed by atoms with Crippen molar-refractivity contribution < 1.29 is 0 Å². The van der Waals surface area contributed by atoms with Gasteiger partial charge in [0.25, 0.3) is 0 Å². The third-order valence-electron chi connectivity index (χ3n) is 2.21. The Morgan fingerprint density at radius 1 is 1.62 bits per heavy atom. The number of nitrogens with one attached hydrogen (secondary N) is 1. The predicted octanol–water partition coefficient (Wildman–Crippen LogP) is 1.61. The fourth-order valence-electron chi connectivity index (χ4n) is 1.26. The Hall–Kier alpha value is -1.10. The number of hydrogen-bond acceptors (Lipinski definition) is 4. The number of rotatable bonds is 3. The van der Waals surface area contributed by atoms with Crippen LogP contribution in [0, 0.1) is 5.92 Å². The fraction of sp³-hybridized carbons (Fsp3) is 0.500. The molecule has 1 saturated carbocycles. The molecular weight excluding hydrogens is 184 g/mol.